The Morgan fingerprint density at radius 1 is 0.773 bits per heavy atom. The first-order chi connectivity index (χ1) is 10.7. The predicted molar refractivity (Wildman–Crippen MR) is 91.3 cm³/mol. The van der Waals surface area contributed by atoms with Crippen molar-refractivity contribution in [1.29, 1.82) is 0 Å². The average molecular weight is 308 g/mol. The molecule has 108 valence electrons. The van der Waals surface area contributed by atoms with Crippen molar-refractivity contribution in [3.63, 3.8) is 0 Å². The second-order valence-corrected chi connectivity index (χ2v) is 5.34. The lowest BCUT2D eigenvalue weighted by Gasteiger charge is -2.07. The molecular formula is C19H14ClNO. The summed E-state index contributed by atoms with van der Waals surface area (Å²) in [6, 6.07) is 24.7. The number of benzene rings is 3. The van der Waals surface area contributed by atoms with E-state index in [-0.39, 0.29) is 5.91 Å². The van der Waals surface area contributed by atoms with Crippen molar-refractivity contribution in [1.82, 2.24) is 0 Å². The molecule has 1 amide bonds. The Balaban J connectivity index is 1.76. The SMILES string of the molecule is O=C(Nc1cccc(Cl)c1)c1ccc(-c2ccccc2)cc1. The maximum Gasteiger partial charge on any atom is 0.255 e. The van der Waals surface area contributed by atoms with Crippen molar-refractivity contribution in [2.24, 2.45) is 0 Å². The lowest BCUT2D eigenvalue weighted by Crippen LogP contribution is -2.11. The Kier molecular flexibility index (Phi) is 4.22. The van der Waals surface area contributed by atoms with Crippen LogP contribution >= 0.6 is 11.6 Å². The van der Waals surface area contributed by atoms with Gasteiger partial charge in [0.25, 0.3) is 5.91 Å². The van der Waals surface area contributed by atoms with E-state index >= 15 is 0 Å². The summed E-state index contributed by atoms with van der Waals surface area (Å²) in [6.45, 7) is 0. The van der Waals surface area contributed by atoms with Crippen LogP contribution in [0, 0.1) is 0 Å². The summed E-state index contributed by atoms with van der Waals surface area (Å²) in [7, 11) is 0. The van der Waals surface area contributed by atoms with Crippen LogP contribution in [0.25, 0.3) is 11.1 Å². The maximum absolute atomic E-state index is 12.2. The van der Waals surface area contributed by atoms with E-state index in [4.69, 9.17) is 11.6 Å². The molecule has 0 aromatic heterocycles. The highest BCUT2D eigenvalue weighted by Crippen LogP contribution is 2.20. The van der Waals surface area contributed by atoms with Gasteiger partial charge in [-0.15, -0.1) is 0 Å². The molecule has 0 saturated heterocycles. The first-order valence-electron chi connectivity index (χ1n) is 6.95. The molecule has 0 atom stereocenters. The van der Waals surface area contributed by atoms with Crippen molar-refractivity contribution in [3.8, 4) is 11.1 Å². The molecule has 0 heterocycles. The van der Waals surface area contributed by atoms with Crippen LogP contribution in [-0.2, 0) is 0 Å². The number of nitrogens with one attached hydrogen (secondary N) is 1. The zero-order valence-electron chi connectivity index (χ0n) is 11.8. The number of hydrogen-bond acceptors (Lipinski definition) is 1. The van der Waals surface area contributed by atoms with E-state index in [1.165, 1.54) is 0 Å². The second kappa shape index (κ2) is 6.46. The molecule has 0 saturated carbocycles. The van der Waals surface area contributed by atoms with Crippen LogP contribution in [0.2, 0.25) is 5.02 Å². The highest BCUT2D eigenvalue weighted by atomic mass is 35.5. The largest absolute Gasteiger partial charge is 0.322 e. The number of carbonyl (C=O) groups is 1. The van der Waals surface area contributed by atoms with Crippen LogP contribution in [0.1, 0.15) is 10.4 Å². The highest BCUT2D eigenvalue weighted by molar-refractivity contribution is 6.30. The van der Waals surface area contributed by atoms with E-state index in [1.807, 2.05) is 60.7 Å². The summed E-state index contributed by atoms with van der Waals surface area (Å²) < 4.78 is 0. The molecule has 0 fully saturated rings. The molecule has 2 nitrogen and oxygen atoms in total. The maximum atomic E-state index is 12.2. The van der Waals surface area contributed by atoms with Gasteiger partial charge in [0.1, 0.15) is 0 Å². The summed E-state index contributed by atoms with van der Waals surface area (Å²) >= 11 is 5.91. The standard InChI is InChI=1S/C19H14ClNO/c20-17-7-4-8-18(13-17)21-19(22)16-11-9-15(10-12-16)14-5-2-1-3-6-14/h1-13H,(H,21,22). The molecule has 3 rings (SSSR count). The van der Waals surface area contributed by atoms with E-state index in [0.29, 0.717) is 16.3 Å². The fraction of sp³-hybridized carbons (Fsp3) is 0. The van der Waals surface area contributed by atoms with E-state index < -0.39 is 0 Å². The van der Waals surface area contributed by atoms with Crippen LogP contribution in [0.4, 0.5) is 5.69 Å². The monoisotopic (exact) mass is 307 g/mol. The van der Waals surface area contributed by atoms with Crippen molar-refractivity contribution in [2.45, 2.75) is 0 Å². The Morgan fingerprint density at radius 3 is 2.14 bits per heavy atom. The topological polar surface area (TPSA) is 29.1 Å². The number of hydrogen-bond donors (Lipinski definition) is 1. The van der Waals surface area contributed by atoms with Crippen LogP contribution in [0.3, 0.4) is 0 Å². The summed E-state index contributed by atoms with van der Waals surface area (Å²) in [5, 5.41) is 3.43. The summed E-state index contributed by atoms with van der Waals surface area (Å²) in [6.07, 6.45) is 0. The molecule has 0 aliphatic carbocycles. The van der Waals surface area contributed by atoms with Crippen molar-refractivity contribution < 1.29 is 4.79 Å². The molecule has 0 radical (unpaired) electrons. The number of rotatable bonds is 3. The Bertz CT molecular complexity index is 782. The highest BCUT2D eigenvalue weighted by Gasteiger charge is 2.06. The minimum Gasteiger partial charge on any atom is -0.322 e. The molecule has 1 N–H and O–H groups in total. The van der Waals surface area contributed by atoms with Crippen LogP contribution < -0.4 is 5.32 Å². The van der Waals surface area contributed by atoms with Gasteiger partial charge in [-0.1, -0.05) is 60.1 Å². The smallest absolute Gasteiger partial charge is 0.255 e. The van der Waals surface area contributed by atoms with Crippen LogP contribution in [0.15, 0.2) is 78.9 Å². The first kappa shape index (κ1) is 14.4. The lowest BCUT2D eigenvalue weighted by atomic mass is 10.0. The van der Waals surface area contributed by atoms with Crippen molar-refractivity contribution in [3.05, 3.63) is 89.4 Å². The van der Waals surface area contributed by atoms with Crippen molar-refractivity contribution in [2.75, 3.05) is 5.32 Å². The molecule has 3 aromatic rings. The molecule has 3 heteroatoms. The van der Waals surface area contributed by atoms with Crippen LogP contribution in [0.5, 0.6) is 0 Å². The number of carbonyl (C=O) groups excluding carboxylic acids is 1. The summed E-state index contributed by atoms with van der Waals surface area (Å²) in [4.78, 5) is 12.2. The van der Waals surface area contributed by atoms with E-state index in [9.17, 15) is 4.79 Å². The van der Waals surface area contributed by atoms with Gasteiger partial charge in [0.15, 0.2) is 0 Å². The Morgan fingerprint density at radius 2 is 1.45 bits per heavy atom. The molecule has 22 heavy (non-hydrogen) atoms. The quantitative estimate of drug-likeness (QED) is 0.702. The molecule has 0 spiro atoms. The number of anilines is 1. The Labute approximate surface area is 134 Å². The van der Waals surface area contributed by atoms with E-state index in [0.717, 1.165) is 11.1 Å². The Hall–Kier alpha value is -2.58. The van der Waals surface area contributed by atoms with Gasteiger partial charge >= 0.3 is 0 Å². The van der Waals surface area contributed by atoms with Gasteiger partial charge in [0.05, 0.1) is 0 Å². The number of halogens is 1. The average Bonchev–Trinajstić information content (AvgIpc) is 2.56. The van der Waals surface area contributed by atoms with Gasteiger partial charge in [-0.2, -0.15) is 0 Å². The second-order valence-electron chi connectivity index (χ2n) is 4.91. The predicted octanol–water partition coefficient (Wildman–Crippen LogP) is 5.26. The minimum atomic E-state index is -0.151. The normalized spacial score (nSPS) is 10.2. The minimum absolute atomic E-state index is 0.151. The number of amides is 1. The fourth-order valence-corrected chi connectivity index (χ4v) is 2.40. The van der Waals surface area contributed by atoms with Crippen molar-refractivity contribution >= 4 is 23.2 Å². The third kappa shape index (κ3) is 3.35. The van der Waals surface area contributed by atoms with Crippen LogP contribution in [-0.4, -0.2) is 5.91 Å². The van der Waals surface area contributed by atoms with Gasteiger partial charge < -0.3 is 5.32 Å². The molecule has 0 aliphatic rings. The first-order valence-corrected chi connectivity index (χ1v) is 7.32. The molecule has 0 aliphatic heterocycles. The van der Waals surface area contributed by atoms with Gasteiger partial charge in [0, 0.05) is 16.3 Å². The van der Waals surface area contributed by atoms with Gasteiger partial charge in [-0.3, -0.25) is 4.79 Å². The lowest BCUT2D eigenvalue weighted by molar-refractivity contribution is 0.102. The van der Waals surface area contributed by atoms with Gasteiger partial charge in [0.2, 0.25) is 0 Å². The van der Waals surface area contributed by atoms with Gasteiger partial charge in [-0.25, -0.2) is 0 Å². The fourth-order valence-electron chi connectivity index (χ4n) is 2.21. The third-order valence-corrected chi connectivity index (χ3v) is 3.57. The van der Waals surface area contributed by atoms with Gasteiger partial charge in [-0.05, 0) is 41.5 Å². The zero-order chi connectivity index (χ0) is 15.4. The zero-order valence-corrected chi connectivity index (χ0v) is 12.5. The molecule has 3 aromatic carbocycles. The van der Waals surface area contributed by atoms with E-state index in [1.54, 1.807) is 18.2 Å². The summed E-state index contributed by atoms with van der Waals surface area (Å²) in [5.74, 6) is -0.151. The molecular weight excluding hydrogens is 294 g/mol. The third-order valence-electron chi connectivity index (χ3n) is 3.34. The molecule has 0 bridgehead atoms. The summed E-state index contributed by atoms with van der Waals surface area (Å²) in [5.41, 5.74) is 3.51. The van der Waals surface area contributed by atoms with E-state index in [2.05, 4.69) is 5.32 Å². The molecule has 0 unspecified atom stereocenters.